The first-order valence-electron chi connectivity index (χ1n) is 7.40. The first kappa shape index (κ1) is 13.8. The molecule has 0 bridgehead atoms. The Balaban J connectivity index is 1.85. The van der Waals surface area contributed by atoms with Crippen molar-refractivity contribution in [2.24, 2.45) is 11.7 Å². The minimum atomic E-state index is 0.288. The van der Waals surface area contributed by atoms with Gasteiger partial charge in [0.25, 0.3) is 0 Å². The minimum absolute atomic E-state index is 0.288. The zero-order valence-electron chi connectivity index (χ0n) is 11.8. The SMILES string of the molecule is CCC1CCC(N)C(Sc2ncnc3ccccc23)C1. The molecule has 4 heteroatoms. The summed E-state index contributed by atoms with van der Waals surface area (Å²) in [4.78, 5) is 8.81. The van der Waals surface area contributed by atoms with Gasteiger partial charge >= 0.3 is 0 Å². The number of benzene rings is 1. The predicted molar refractivity (Wildman–Crippen MR) is 84.8 cm³/mol. The first-order chi connectivity index (χ1) is 9.78. The molecule has 3 rings (SSSR count). The molecule has 2 aromatic rings. The molecule has 3 atom stereocenters. The van der Waals surface area contributed by atoms with E-state index in [2.05, 4.69) is 23.0 Å². The van der Waals surface area contributed by atoms with Crippen molar-refractivity contribution in [2.75, 3.05) is 0 Å². The number of fused-ring (bicyclic) bond motifs is 1. The summed E-state index contributed by atoms with van der Waals surface area (Å²) in [5.74, 6) is 0.820. The van der Waals surface area contributed by atoms with Gasteiger partial charge in [0.1, 0.15) is 11.4 Å². The highest BCUT2D eigenvalue weighted by Crippen LogP contribution is 2.37. The molecule has 1 aromatic heterocycles. The number of hydrogen-bond donors (Lipinski definition) is 1. The van der Waals surface area contributed by atoms with E-state index in [9.17, 15) is 0 Å². The molecule has 1 aliphatic carbocycles. The molecule has 0 spiro atoms. The van der Waals surface area contributed by atoms with E-state index in [4.69, 9.17) is 5.73 Å². The quantitative estimate of drug-likeness (QED) is 0.876. The van der Waals surface area contributed by atoms with E-state index in [1.54, 1.807) is 6.33 Å². The van der Waals surface area contributed by atoms with Gasteiger partial charge < -0.3 is 5.73 Å². The van der Waals surface area contributed by atoms with Crippen LogP contribution in [0.5, 0.6) is 0 Å². The fraction of sp³-hybridized carbons (Fsp3) is 0.500. The van der Waals surface area contributed by atoms with Crippen molar-refractivity contribution in [1.82, 2.24) is 9.97 Å². The van der Waals surface area contributed by atoms with Crippen LogP contribution in [0.3, 0.4) is 0 Å². The molecule has 106 valence electrons. The Labute approximate surface area is 124 Å². The van der Waals surface area contributed by atoms with Gasteiger partial charge in [0.2, 0.25) is 0 Å². The number of thioether (sulfide) groups is 1. The molecular formula is C16H21N3S. The molecule has 1 heterocycles. The van der Waals surface area contributed by atoms with Crippen LogP contribution < -0.4 is 5.73 Å². The molecule has 3 unspecified atom stereocenters. The number of rotatable bonds is 3. The predicted octanol–water partition coefficient (Wildman–Crippen LogP) is 3.63. The molecule has 0 radical (unpaired) electrons. The third kappa shape index (κ3) is 2.81. The third-order valence-corrected chi connectivity index (χ3v) is 5.69. The molecule has 20 heavy (non-hydrogen) atoms. The van der Waals surface area contributed by atoms with E-state index in [0.717, 1.165) is 28.3 Å². The Morgan fingerprint density at radius 1 is 1.25 bits per heavy atom. The van der Waals surface area contributed by atoms with E-state index >= 15 is 0 Å². The lowest BCUT2D eigenvalue weighted by molar-refractivity contribution is 0.327. The second-order valence-corrected chi connectivity index (χ2v) is 6.83. The van der Waals surface area contributed by atoms with Gasteiger partial charge in [0, 0.05) is 16.7 Å². The lowest BCUT2D eigenvalue weighted by atomic mass is 9.84. The van der Waals surface area contributed by atoms with Gasteiger partial charge in [-0.25, -0.2) is 9.97 Å². The van der Waals surface area contributed by atoms with Crippen LogP contribution >= 0.6 is 11.8 Å². The summed E-state index contributed by atoms with van der Waals surface area (Å²) in [5, 5.41) is 2.70. The topological polar surface area (TPSA) is 51.8 Å². The normalized spacial score (nSPS) is 26.8. The summed E-state index contributed by atoms with van der Waals surface area (Å²) in [6, 6.07) is 8.49. The molecule has 1 aliphatic rings. The number of aromatic nitrogens is 2. The molecule has 0 saturated heterocycles. The Morgan fingerprint density at radius 3 is 2.95 bits per heavy atom. The highest BCUT2D eigenvalue weighted by atomic mass is 32.2. The molecule has 1 fully saturated rings. The van der Waals surface area contributed by atoms with Crippen LogP contribution in [-0.4, -0.2) is 21.3 Å². The summed E-state index contributed by atoms with van der Waals surface area (Å²) in [6.45, 7) is 2.28. The molecule has 3 nitrogen and oxygen atoms in total. The lowest BCUT2D eigenvalue weighted by Crippen LogP contribution is -2.38. The number of nitrogens with two attached hydrogens (primary N) is 1. The van der Waals surface area contributed by atoms with E-state index in [1.165, 1.54) is 19.3 Å². The van der Waals surface area contributed by atoms with Gasteiger partial charge in [0.05, 0.1) is 5.52 Å². The van der Waals surface area contributed by atoms with Crippen molar-refractivity contribution < 1.29 is 0 Å². The molecule has 1 saturated carbocycles. The second kappa shape index (κ2) is 6.10. The average Bonchev–Trinajstić information content (AvgIpc) is 2.50. The zero-order valence-corrected chi connectivity index (χ0v) is 12.6. The van der Waals surface area contributed by atoms with E-state index < -0.39 is 0 Å². The van der Waals surface area contributed by atoms with Gasteiger partial charge in [0.15, 0.2) is 0 Å². The Bertz CT molecular complexity index is 581. The minimum Gasteiger partial charge on any atom is -0.327 e. The van der Waals surface area contributed by atoms with Crippen LogP contribution in [0.25, 0.3) is 10.9 Å². The Morgan fingerprint density at radius 2 is 2.10 bits per heavy atom. The average molecular weight is 287 g/mol. The lowest BCUT2D eigenvalue weighted by Gasteiger charge is -2.33. The summed E-state index contributed by atoms with van der Waals surface area (Å²) in [6.07, 6.45) is 6.55. The monoisotopic (exact) mass is 287 g/mol. The summed E-state index contributed by atoms with van der Waals surface area (Å²) in [7, 11) is 0. The summed E-state index contributed by atoms with van der Waals surface area (Å²) >= 11 is 1.85. The van der Waals surface area contributed by atoms with E-state index in [1.807, 2.05) is 30.0 Å². The van der Waals surface area contributed by atoms with Gasteiger partial charge in [-0.1, -0.05) is 31.5 Å². The highest BCUT2D eigenvalue weighted by Gasteiger charge is 2.28. The van der Waals surface area contributed by atoms with E-state index in [0.29, 0.717) is 5.25 Å². The van der Waals surface area contributed by atoms with Crippen molar-refractivity contribution >= 4 is 22.7 Å². The van der Waals surface area contributed by atoms with Crippen LogP contribution in [0.2, 0.25) is 0 Å². The fourth-order valence-corrected chi connectivity index (χ4v) is 4.33. The number of para-hydroxylation sites is 1. The number of nitrogens with zero attached hydrogens (tertiary/aromatic N) is 2. The third-order valence-electron chi connectivity index (χ3n) is 4.30. The maximum Gasteiger partial charge on any atom is 0.117 e. The Kier molecular flexibility index (Phi) is 4.22. The van der Waals surface area contributed by atoms with Crippen LogP contribution in [-0.2, 0) is 0 Å². The largest absolute Gasteiger partial charge is 0.327 e. The zero-order chi connectivity index (χ0) is 13.9. The molecular weight excluding hydrogens is 266 g/mol. The fourth-order valence-electron chi connectivity index (χ4n) is 2.96. The first-order valence-corrected chi connectivity index (χ1v) is 8.28. The molecule has 0 amide bonds. The molecule has 2 N–H and O–H groups in total. The highest BCUT2D eigenvalue weighted by molar-refractivity contribution is 8.00. The maximum atomic E-state index is 6.32. The molecule has 0 aliphatic heterocycles. The van der Waals surface area contributed by atoms with Gasteiger partial charge in [-0.3, -0.25) is 0 Å². The van der Waals surface area contributed by atoms with Gasteiger partial charge in [-0.2, -0.15) is 0 Å². The van der Waals surface area contributed by atoms with Crippen LogP contribution in [0, 0.1) is 5.92 Å². The Hall–Kier alpha value is -1.13. The van der Waals surface area contributed by atoms with Crippen molar-refractivity contribution in [3.05, 3.63) is 30.6 Å². The molecule has 1 aromatic carbocycles. The van der Waals surface area contributed by atoms with Crippen LogP contribution in [0.15, 0.2) is 35.6 Å². The van der Waals surface area contributed by atoms with Crippen LogP contribution in [0.4, 0.5) is 0 Å². The maximum absolute atomic E-state index is 6.32. The standard InChI is InChI=1S/C16H21N3S/c1-2-11-7-8-13(17)15(9-11)20-16-12-5-3-4-6-14(12)18-10-19-16/h3-6,10-11,13,15H,2,7-9,17H2,1H3. The smallest absolute Gasteiger partial charge is 0.117 e. The van der Waals surface area contributed by atoms with Crippen molar-refractivity contribution in [2.45, 2.75) is 48.9 Å². The van der Waals surface area contributed by atoms with Crippen molar-refractivity contribution in [3.63, 3.8) is 0 Å². The van der Waals surface area contributed by atoms with Crippen LogP contribution in [0.1, 0.15) is 32.6 Å². The van der Waals surface area contributed by atoms with Gasteiger partial charge in [-0.05, 0) is 31.2 Å². The van der Waals surface area contributed by atoms with Gasteiger partial charge in [-0.15, -0.1) is 11.8 Å². The second-order valence-electron chi connectivity index (χ2n) is 5.60. The summed E-state index contributed by atoms with van der Waals surface area (Å²) < 4.78 is 0. The van der Waals surface area contributed by atoms with E-state index in [-0.39, 0.29) is 6.04 Å². The van der Waals surface area contributed by atoms with Crippen molar-refractivity contribution in [1.29, 1.82) is 0 Å². The number of hydrogen-bond acceptors (Lipinski definition) is 4. The summed E-state index contributed by atoms with van der Waals surface area (Å²) in [5.41, 5.74) is 7.34. The van der Waals surface area contributed by atoms with Crippen molar-refractivity contribution in [3.8, 4) is 0 Å².